The highest BCUT2D eigenvalue weighted by Gasteiger charge is 2.24. The van der Waals surface area contributed by atoms with Gasteiger partial charge in [0, 0.05) is 0 Å². The Kier molecular flexibility index (Phi) is 5.71. The van der Waals surface area contributed by atoms with E-state index in [1.807, 2.05) is 48.5 Å². The van der Waals surface area contributed by atoms with Crippen molar-refractivity contribution in [3.63, 3.8) is 0 Å². The van der Waals surface area contributed by atoms with Crippen LogP contribution in [0.3, 0.4) is 0 Å². The normalized spacial score (nSPS) is 16.0. The molecule has 0 unspecified atom stereocenters. The van der Waals surface area contributed by atoms with Gasteiger partial charge in [-0.3, -0.25) is 0 Å². The average Bonchev–Trinajstić information content (AvgIpc) is 3.00. The molecule has 1 aliphatic rings. The Hall–Kier alpha value is -2.40. The van der Waals surface area contributed by atoms with Crippen molar-refractivity contribution in [2.24, 2.45) is 0 Å². The van der Waals surface area contributed by atoms with E-state index in [-0.39, 0.29) is 18.4 Å². The van der Waals surface area contributed by atoms with E-state index in [0.717, 1.165) is 11.1 Å². The van der Waals surface area contributed by atoms with Crippen LogP contribution < -0.4 is 14.8 Å². The summed E-state index contributed by atoms with van der Waals surface area (Å²) in [4.78, 5) is 11.1. The maximum atomic E-state index is 11.1. The minimum Gasteiger partial charge on any atom is -0.493 e. The number of rotatable bonds is 5. The molecule has 1 amide bonds. The molecule has 0 saturated carbocycles. The van der Waals surface area contributed by atoms with Crippen LogP contribution in [0, 0.1) is 0 Å². The third-order valence-electron chi connectivity index (χ3n) is 3.50. The summed E-state index contributed by atoms with van der Waals surface area (Å²) in [7, 11) is 1.60. The molecular weight excluding hydrogens is 318 g/mol. The lowest BCUT2D eigenvalue weighted by Gasteiger charge is -2.14. The standard InChI is InChI=1S/C17H17NO4.ClH/c1-20-16-9-13(14-11-22-17(19)18-14)7-8-15(16)21-10-12-5-3-2-4-6-12;/h2-9,14H,10-11H2,1H3,(H,18,19);1H/t14-;/m1./s1. The van der Waals surface area contributed by atoms with Crippen molar-refractivity contribution in [3.8, 4) is 11.5 Å². The molecule has 0 radical (unpaired) electrons. The number of nitrogens with one attached hydrogen (secondary N) is 1. The molecule has 0 aromatic heterocycles. The first-order valence-electron chi connectivity index (χ1n) is 7.04. The third kappa shape index (κ3) is 4.07. The number of hydrogen-bond acceptors (Lipinski definition) is 4. The summed E-state index contributed by atoms with van der Waals surface area (Å²) in [5.41, 5.74) is 2.01. The molecule has 122 valence electrons. The van der Waals surface area contributed by atoms with Crippen LogP contribution in [0.5, 0.6) is 11.5 Å². The Morgan fingerprint density at radius 1 is 1.17 bits per heavy atom. The first-order chi connectivity index (χ1) is 10.8. The van der Waals surface area contributed by atoms with E-state index < -0.39 is 6.09 Å². The highest BCUT2D eigenvalue weighted by atomic mass is 35.5. The molecule has 0 aliphatic carbocycles. The molecule has 23 heavy (non-hydrogen) atoms. The first kappa shape index (κ1) is 17.0. The second-order valence-electron chi connectivity index (χ2n) is 4.98. The minimum absolute atomic E-state index is 0. The van der Waals surface area contributed by atoms with Gasteiger partial charge in [0.05, 0.1) is 13.2 Å². The fourth-order valence-corrected chi connectivity index (χ4v) is 2.32. The number of hydrogen-bond donors (Lipinski definition) is 1. The van der Waals surface area contributed by atoms with Crippen molar-refractivity contribution in [3.05, 3.63) is 59.7 Å². The fraction of sp³-hybridized carbons (Fsp3) is 0.235. The topological polar surface area (TPSA) is 56.8 Å². The molecule has 1 aliphatic heterocycles. The second kappa shape index (κ2) is 7.74. The van der Waals surface area contributed by atoms with Crippen LogP contribution in [0.1, 0.15) is 17.2 Å². The summed E-state index contributed by atoms with van der Waals surface area (Å²) in [6, 6.07) is 15.4. The van der Waals surface area contributed by atoms with Gasteiger partial charge in [0.15, 0.2) is 11.5 Å². The smallest absolute Gasteiger partial charge is 0.407 e. The summed E-state index contributed by atoms with van der Waals surface area (Å²) in [6.07, 6.45) is -0.395. The molecule has 2 aromatic rings. The predicted molar refractivity (Wildman–Crippen MR) is 88.2 cm³/mol. The molecule has 1 fully saturated rings. The molecule has 0 spiro atoms. The molecule has 3 rings (SSSR count). The number of carbonyl (C=O) groups is 1. The summed E-state index contributed by atoms with van der Waals surface area (Å²) in [5, 5.41) is 2.74. The largest absolute Gasteiger partial charge is 0.493 e. The van der Waals surface area contributed by atoms with Gasteiger partial charge in [0.25, 0.3) is 0 Å². The lowest BCUT2D eigenvalue weighted by molar-refractivity contribution is 0.177. The Morgan fingerprint density at radius 3 is 2.61 bits per heavy atom. The van der Waals surface area contributed by atoms with Crippen molar-refractivity contribution in [2.45, 2.75) is 12.6 Å². The van der Waals surface area contributed by atoms with Gasteiger partial charge in [-0.25, -0.2) is 4.79 Å². The number of benzene rings is 2. The zero-order chi connectivity index (χ0) is 15.4. The number of halogens is 1. The van der Waals surface area contributed by atoms with E-state index in [1.54, 1.807) is 7.11 Å². The molecule has 1 atom stereocenters. The van der Waals surface area contributed by atoms with Gasteiger partial charge in [0.1, 0.15) is 13.2 Å². The van der Waals surface area contributed by atoms with Crippen molar-refractivity contribution in [1.29, 1.82) is 0 Å². The van der Waals surface area contributed by atoms with Crippen LogP contribution in [0.15, 0.2) is 48.5 Å². The lowest BCUT2D eigenvalue weighted by atomic mass is 10.1. The van der Waals surface area contributed by atoms with E-state index in [0.29, 0.717) is 24.7 Å². The predicted octanol–water partition coefficient (Wildman–Crippen LogP) is 3.48. The summed E-state index contributed by atoms with van der Waals surface area (Å²) < 4.78 is 16.1. The van der Waals surface area contributed by atoms with E-state index in [9.17, 15) is 4.79 Å². The van der Waals surface area contributed by atoms with Crippen LogP contribution in [0.25, 0.3) is 0 Å². The number of amides is 1. The third-order valence-corrected chi connectivity index (χ3v) is 3.50. The van der Waals surface area contributed by atoms with Gasteiger partial charge < -0.3 is 19.5 Å². The minimum atomic E-state index is -0.395. The van der Waals surface area contributed by atoms with Crippen LogP contribution in [0.2, 0.25) is 0 Å². The molecule has 1 heterocycles. The van der Waals surface area contributed by atoms with Gasteiger partial charge in [0.2, 0.25) is 0 Å². The number of cyclic esters (lactones) is 1. The van der Waals surface area contributed by atoms with Crippen LogP contribution in [-0.4, -0.2) is 19.8 Å². The summed E-state index contributed by atoms with van der Waals surface area (Å²) in [6.45, 7) is 0.798. The number of alkyl carbamates (subject to hydrolysis) is 1. The number of methoxy groups -OCH3 is 1. The quantitative estimate of drug-likeness (QED) is 0.909. The molecule has 1 saturated heterocycles. The van der Waals surface area contributed by atoms with Gasteiger partial charge in [-0.15, -0.1) is 12.4 Å². The van der Waals surface area contributed by atoms with Crippen LogP contribution >= 0.6 is 12.4 Å². The Morgan fingerprint density at radius 2 is 1.96 bits per heavy atom. The van der Waals surface area contributed by atoms with E-state index in [2.05, 4.69) is 5.32 Å². The molecule has 1 N–H and O–H groups in total. The van der Waals surface area contributed by atoms with E-state index in [4.69, 9.17) is 14.2 Å². The molecule has 6 heteroatoms. The van der Waals surface area contributed by atoms with Gasteiger partial charge in [-0.2, -0.15) is 0 Å². The average molecular weight is 336 g/mol. The Bertz CT molecular complexity index is 663. The van der Waals surface area contributed by atoms with Crippen molar-refractivity contribution in [2.75, 3.05) is 13.7 Å². The van der Waals surface area contributed by atoms with Crippen molar-refractivity contribution >= 4 is 18.5 Å². The van der Waals surface area contributed by atoms with Gasteiger partial charge >= 0.3 is 6.09 Å². The second-order valence-corrected chi connectivity index (χ2v) is 4.98. The molecular formula is C17H18ClNO4. The summed E-state index contributed by atoms with van der Waals surface area (Å²) in [5.74, 6) is 1.30. The highest BCUT2D eigenvalue weighted by Crippen LogP contribution is 2.32. The summed E-state index contributed by atoms with van der Waals surface area (Å²) >= 11 is 0. The zero-order valence-electron chi connectivity index (χ0n) is 12.7. The number of ether oxygens (including phenoxy) is 3. The maximum absolute atomic E-state index is 11.1. The zero-order valence-corrected chi connectivity index (χ0v) is 13.5. The SMILES string of the molecule is COc1cc([C@H]2COC(=O)N2)ccc1OCc1ccccc1.Cl. The number of carbonyl (C=O) groups excluding carboxylic acids is 1. The Balaban J connectivity index is 0.00000192. The van der Waals surface area contributed by atoms with Gasteiger partial charge in [-0.1, -0.05) is 36.4 Å². The fourth-order valence-electron chi connectivity index (χ4n) is 2.32. The van der Waals surface area contributed by atoms with Crippen LogP contribution in [-0.2, 0) is 11.3 Å². The first-order valence-corrected chi connectivity index (χ1v) is 7.04. The van der Waals surface area contributed by atoms with Crippen molar-refractivity contribution < 1.29 is 19.0 Å². The van der Waals surface area contributed by atoms with Crippen molar-refractivity contribution in [1.82, 2.24) is 5.32 Å². The lowest BCUT2D eigenvalue weighted by Crippen LogP contribution is -2.18. The highest BCUT2D eigenvalue weighted by molar-refractivity contribution is 5.85. The van der Waals surface area contributed by atoms with E-state index >= 15 is 0 Å². The monoisotopic (exact) mass is 335 g/mol. The Labute approximate surface area is 141 Å². The van der Waals surface area contributed by atoms with E-state index in [1.165, 1.54) is 0 Å². The van der Waals surface area contributed by atoms with Crippen LogP contribution in [0.4, 0.5) is 4.79 Å². The molecule has 2 aromatic carbocycles. The molecule has 5 nitrogen and oxygen atoms in total. The van der Waals surface area contributed by atoms with Gasteiger partial charge in [-0.05, 0) is 23.3 Å². The molecule has 0 bridgehead atoms. The maximum Gasteiger partial charge on any atom is 0.407 e.